The zero-order chi connectivity index (χ0) is 27.4. The number of ether oxygens (including phenoxy) is 1. The smallest absolute Gasteiger partial charge is 0.310 e. The maximum Gasteiger partial charge on any atom is 0.310 e. The summed E-state index contributed by atoms with van der Waals surface area (Å²) < 4.78 is 6.08. The van der Waals surface area contributed by atoms with E-state index in [2.05, 4.69) is 5.32 Å². The fourth-order valence-corrected chi connectivity index (χ4v) is 5.13. The Kier molecular flexibility index (Phi) is 7.77. The molecule has 1 aromatic heterocycles. The Balaban J connectivity index is 1.28. The quantitative estimate of drug-likeness (QED) is 0.201. The van der Waals surface area contributed by atoms with E-state index in [1.54, 1.807) is 25.1 Å². The van der Waals surface area contributed by atoms with Crippen molar-refractivity contribution in [3.05, 3.63) is 125 Å². The second-order valence-corrected chi connectivity index (χ2v) is 10.5. The highest BCUT2D eigenvalue weighted by Gasteiger charge is 2.18. The Morgan fingerprint density at radius 3 is 2.28 bits per heavy atom. The van der Waals surface area contributed by atoms with Gasteiger partial charge in [0.25, 0.3) is 5.91 Å². The highest BCUT2D eigenvalue weighted by molar-refractivity contribution is 7.17. The summed E-state index contributed by atoms with van der Waals surface area (Å²) >= 11 is 7.40. The summed E-state index contributed by atoms with van der Waals surface area (Å²) in [6.07, 6.45) is 0. The van der Waals surface area contributed by atoms with E-state index in [1.165, 1.54) is 11.3 Å². The maximum atomic E-state index is 12.8. The molecule has 194 valence electrons. The maximum absolute atomic E-state index is 12.8. The number of carbonyl (C=O) groups is 2. The number of rotatable bonds is 8. The summed E-state index contributed by atoms with van der Waals surface area (Å²) in [6.45, 7) is 1.64. The molecule has 0 aliphatic heterocycles. The number of carbonyl (C=O) groups excluding carboxylic acids is 1. The Morgan fingerprint density at radius 1 is 0.821 bits per heavy atom. The van der Waals surface area contributed by atoms with Crippen LogP contribution in [-0.4, -0.2) is 17.0 Å². The van der Waals surface area contributed by atoms with Crippen molar-refractivity contribution in [1.29, 1.82) is 0 Å². The van der Waals surface area contributed by atoms with E-state index < -0.39 is 11.9 Å². The Hall–Kier alpha value is -4.39. The third-order valence-corrected chi connectivity index (χ3v) is 7.64. The molecule has 1 amide bonds. The molecule has 2 N–H and O–H groups in total. The molecule has 0 aliphatic carbocycles. The molecular formula is C32H24ClNO4S. The molecule has 0 bridgehead atoms. The van der Waals surface area contributed by atoms with Crippen molar-refractivity contribution in [2.45, 2.75) is 12.8 Å². The SMILES string of the molecule is CC(C(=O)O)c1ccccc1Oc1cccc(-c2ccc(NC(=O)c3ccc(-c4ccc(Cl)cc4)s3)cc2)c1. The molecule has 5 nitrogen and oxygen atoms in total. The number of para-hydroxylation sites is 1. The molecule has 7 heteroatoms. The number of hydrogen-bond acceptors (Lipinski definition) is 4. The molecule has 0 radical (unpaired) electrons. The summed E-state index contributed by atoms with van der Waals surface area (Å²) in [4.78, 5) is 25.9. The lowest BCUT2D eigenvalue weighted by atomic mass is 10.0. The summed E-state index contributed by atoms with van der Waals surface area (Å²) in [5, 5.41) is 13.1. The van der Waals surface area contributed by atoms with Crippen LogP contribution >= 0.6 is 22.9 Å². The second kappa shape index (κ2) is 11.6. The van der Waals surface area contributed by atoms with Gasteiger partial charge in [0.2, 0.25) is 0 Å². The fourth-order valence-electron chi connectivity index (χ4n) is 4.10. The summed E-state index contributed by atoms with van der Waals surface area (Å²) in [7, 11) is 0. The number of anilines is 1. The first kappa shape index (κ1) is 26.2. The lowest BCUT2D eigenvalue weighted by Gasteiger charge is -2.14. The average molecular weight is 554 g/mol. The molecule has 39 heavy (non-hydrogen) atoms. The van der Waals surface area contributed by atoms with Gasteiger partial charge >= 0.3 is 5.97 Å². The second-order valence-electron chi connectivity index (χ2n) is 8.93. The van der Waals surface area contributed by atoms with Gasteiger partial charge in [-0.3, -0.25) is 9.59 Å². The van der Waals surface area contributed by atoms with Crippen molar-refractivity contribution in [3.63, 3.8) is 0 Å². The van der Waals surface area contributed by atoms with Crippen LogP contribution in [0.1, 0.15) is 28.1 Å². The third kappa shape index (κ3) is 6.20. The number of benzene rings is 4. The van der Waals surface area contributed by atoms with Gasteiger partial charge in [0.1, 0.15) is 11.5 Å². The van der Waals surface area contributed by atoms with Crippen LogP contribution in [0, 0.1) is 0 Å². The molecule has 5 aromatic rings. The fraction of sp³-hybridized carbons (Fsp3) is 0.0625. The normalized spacial score (nSPS) is 11.5. The van der Waals surface area contributed by atoms with Gasteiger partial charge in [-0.1, -0.05) is 66.2 Å². The minimum absolute atomic E-state index is 0.169. The topological polar surface area (TPSA) is 75.6 Å². The molecule has 1 unspecified atom stereocenters. The third-order valence-electron chi connectivity index (χ3n) is 6.25. The number of hydrogen-bond donors (Lipinski definition) is 2. The molecule has 0 saturated carbocycles. The summed E-state index contributed by atoms with van der Waals surface area (Å²) in [5.74, 6) is -0.657. The Morgan fingerprint density at radius 2 is 1.54 bits per heavy atom. The van der Waals surface area contributed by atoms with Crippen molar-refractivity contribution < 1.29 is 19.4 Å². The molecule has 0 saturated heterocycles. The molecular weight excluding hydrogens is 530 g/mol. The van der Waals surface area contributed by atoms with Crippen LogP contribution in [0.4, 0.5) is 5.69 Å². The number of nitrogens with one attached hydrogen (secondary N) is 1. The van der Waals surface area contributed by atoms with Gasteiger partial charge in [-0.25, -0.2) is 0 Å². The monoisotopic (exact) mass is 553 g/mol. The first-order valence-corrected chi connectivity index (χ1v) is 13.4. The minimum atomic E-state index is -0.909. The van der Waals surface area contributed by atoms with Gasteiger partial charge < -0.3 is 15.2 Å². The van der Waals surface area contributed by atoms with Gasteiger partial charge in [-0.2, -0.15) is 0 Å². The first-order valence-electron chi connectivity index (χ1n) is 12.2. The van der Waals surface area contributed by atoms with Gasteiger partial charge in [-0.05, 0) is 78.2 Å². The van der Waals surface area contributed by atoms with E-state index >= 15 is 0 Å². The van der Waals surface area contributed by atoms with E-state index in [0.29, 0.717) is 32.6 Å². The zero-order valence-electron chi connectivity index (χ0n) is 20.9. The van der Waals surface area contributed by atoms with Crippen molar-refractivity contribution >= 4 is 40.5 Å². The largest absolute Gasteiger partial charge is 0.481 e. The predicted octanol–water partition coefficient (Wildman–Crippen LogP) is 8.97. The molecule has 0 spiro atoms. The highest BCUT2D eigenvalue weighted by atomic mass is 35.5. The van der Waals surface area contributed by atoms with E-state index in [1.807, 2.05) is 91.0 Å². The molecule has 1 heterocycles. The van der Waals surface area contributed by atoms with Gasteiger partial charge in [0.05, 0.1) is 10.8 Å². The predicted molar refractivity (Wildman–Crippen MR) is 157 cm³/mol. The van der Waals surface area contributed by atoms with E-state index in [4.69, 9.17) is 16.3 Å². The number of carboxylic acids is 1. The first-order chi connectivity index (χ1) is 18.9. The average Bonchev–Trinajstić information content (AvgIpc) is 3.45. The van der Waals surface area contributed by atoms with Crippen molar-refractivity contribution in [3.8, 4) is 33.1 Å². The lowest BCUT2D eigenvalue weighted by Crippen LogP contribution is -2.09. The van der Waals surface area contributed by atoms with Crippen molar-refractivity contribution in [2.75, 3.05) is 5.32 Å². The van der Waals surface area contributed by atoms with Crippen molar-refractivity contribution in [2.24, 2.45) is 0 Å². The van der Waals surface area contributed by atoms with Crippen LogP contribution < -0.4 is 10.1 Å². The van der Waals surface area contributed by atoms with Crippen LogP contribution in [-0.2, 0) is 4.79 Å². The van der Waals surface area contributed by atoms with Gasteiger partial charge in [0.15, 0.2) is 0 Å². The van der Waals surface area contributed by atoms with Crippen LogP contribution in [0.15, 0.2) is 109 Å². The molecule has 0 fully saturated rings. The Labute approximate surface area is 235 Å². The Bertz CT molecular complexity index is 1630. The van der Waals surface area contributed by atoms with Gasteiger partial charge in [-0.15, -0.1) is 11.3 Å². The molecule has 0 aliphatic rings. The molecule has 5 rings (SSSR count). The number of aliphatic carboxylic acids is 1. The standard InChI is InChI=1S/C32H24ClNO4S/c1-20(32(36)37)27-7-2-3-8-28(27)38-26-6-4-5-23(19-26)21-11-15-25(16-12-21)34-31(35)30-18-17-29(39-30)22-9-13-24(33)14-10-22/h2-20H,1H3,(H,34,35)(H,36,37). The van der Waals surface area contributed by atoms with Crippen LogP contribution in [0.3, 0.4) is 0 Å². The van der Waals surface area contributed by atoms with E-state index in [0.717, 1.165) is 21.6 Å². The number of carboxylic acid groups (broad SMARTS) is 1. The van der Waals surface area contributed by atoms with Crippen molar-refractivity contribution in [1.82, 2.24) is 0 Å². The lowest BCUT2D eigenvalue weighted by molar-refractivity contribution is -0.138. The van der Waals surface area contributed by atoms with Crippen LogP contribution in [0.5, 0.6) is 11.5 Å². The van der Waals surface area contributed by atoms with Gasteiger partial charge in [0, 0.05) is 21.2 Å². The van der Waals surface area contributed by atoms with E-state index in [-0.39, 0.29) is 5.91 Å². The molecule has 4 aromatic carbocycles. The van der Waals surface area contributed by atoms with Crippen LogP contribution in [0.2, 0.25) is 5.02 Å². The number of thiophene rings is 1. The highest BCUT2D eigenvalue weighted by Crippen LogP contribution is 2.33. The van der Waals surface area contributed by atoms with E-state index in [9.17, 15) is 14.7 Å². The number of amides is 1. The number of halogens is 1. The van der Waals surface area contributed by atoms with Crippen LogP contribution in [0.25, 0.3) is 21.6 Å². The summed E-state index contributed by atoms with van der Waals surface area (Å²) in [5.41, 5.74) is 4.20. The minimum Gasteiger partial charge on any atom is -0.481 e. The summed E-state index contributed by atoms with van der Waals surface area (Å²) in [6, 6.07) is 33.6. The molecule has 1 atom stereocenters. The zero-order valence-corrected chi connectivity index (χ0v) is 22.5.